The molecule has 1 aliphatic heterocycles. The topological polar surface area (TPSA) is 36.4 Å². The average molecular weight is 317 g/mol. The van der Waals surface area contributed by atoms with Gasteiger partial charge >= 0.3 is 0 Å². The van der Waals surface area contributed by atoms with Crippen LogP contribution in [0.1, 0.15) is 32.6 Å². The van der Waals surface area contributed by atoms with Crippen LogP contribution in [0.3, 0.4) is 0 Å². The molecular weight excluding hydrogens is 299 g/mol. The van der Waals surface area contributed by atoms with Gasteiger partial charge in [-0.3, -0.25) is 0 Å². The number of nitrogens with zero attached hydrogens (tertiary/aromatic N) is 2. The SMILES string of the molecule is CC(O)CC1CCCCN1c1ncc(Br)cc1F. The highest BCUT2D eigenvalue weighted by Gasteiger charge is 2.26. The summed E-state index contributed by atoms with van der Waals surface area (Å²) >= 11 is 3.21. The Kier molecular flexibility index (Phi) is 4.56. The largest absolute Gasteiger partial charge is 0.393 e. The van der Waals surface area contributed by atoms with Crippen molar-refractivity contribution in [2.24, 2.45) is 0 Å². The van der Waals surface area contributed by atoms with E-state index < -0.39 is 0 Å². The van der Waals surface area contributed by atoms with E-state index >= 15 is 0 Å². The summed E-state index contributed by atoms with van der Waals surface area (Å²) in [6, 6.07) is 1.62. The second kappa shape index (κ2) is 5.97. The molecule has 1 aromatic rings. The van der Waals surface area contributed by atoms with E-state index in [9.17, 15) is 9.50 Å². The highest BCUT2D eigenvalue weighted by Crippen LogP contribution is 2.28. The van der Waals surface area contributed by atoms with Gasteiger partial charge in [0.25, 0.3) is 0 Å². The Labute approximate surface area is 115 Å². The number of aliphatic hydroxyl groups excluding tert-OH is 1. The van der Waals surface area contributed by atoms with Crippen LogP contribution >= 0.6 is 15.9 Å². The van der Waals surface area contributed by atoms with E-state index in [0.29, 0.717) is 16.7 Å². The molecule has 0 aliphatic carbocycles. The van der Waals surface area contributed by atoms with Crippen molar-refractivity contribution in [3.8, 4) is 0 Å². The smallest absolute Gasteiger partial charge is 0.166 e. The van der Waals surface area contributed by atoms with Crippen molar-refractivity contribution < 1.29 is 9.50 Å². The normalized spacial score (nSPS) is 22.0. The zero-order chi connectivity index (χ0) is 13.1. The third kappa shape index (κ3) is 3.20. The lowest BCUT2D eigenvalue weighted by Crippen LogP contribution is -2.42. The molecule has 2 rings (SSSR count). The Balaban J connectivity index is 2.22. The number of anilines is 1. The fourth-order valence-corrected chi connectivity index (χ4v) is 2.84. The Morgan fingerprint density at radius 1 is 1.61 bits per heavy atom. The van der Waals surface area contributed by atoms with E-state index in [0.717, 1.165) is 25.8 Å². The Morgan fingerprint density at radius 2 is 2.39 bits per heavy atom. The van der Waals surface area contributed by atoms with Gasteiger partial charge < -0.3 is 10.0 Å². The molecule has 0 saturated carbocycles. The first-order valence-electron chi connectivity index (χ1n) is 6.33. The summed E-state index contributed by atoms with van der Waals surface area (Å²) < 4.78 is 14.6. The van der Waals surface area contributed by atoms with Crippen LogP contribution in [0.15, 0.2) is 16.7 Å². The van der Waals surface area contributed by atoms with Crippen LogP contribution in [0, 0.1) is 5.82 Å². The molecule has 0 bridgehead atoms. The van der Waals surface area contributed by atoms with E-state index in [4.69, 9.17) is 0 Å². The summed E-state index contributed by atoms with van der Waals surface area (Å²) in [4.78, 5) is 6.18. The molecule has 1 aromatic heterocycles. The molecule has 1 N–H and O–H groups in total. The first kappa shape index (κ1) is 13.7. The predicted molar refractivity (Wildman–Crippen MR) is 73.2 cm³/mol. The first-order chi connectivity index (χ1) is 8.58. The molecule has 5 heteroatoms. The molecule has 3 nitrogen and oxygen atoms in total. The van der Waals surface area contributed by atoms with E-state index in [1.165, 1.54) is 6.07 Å². The molecule has 18 heavy (non-hydrogen) atoms. The van der Waals surface area contributed by atoms with Gasteiger partial charge in [-0.05, 0) is 54.6 Å². The van der Waals surface area contributed by atoms with Crippen molar-refractivity contribution >= 4 is 21.7 Å². The van der Waals surface area contributed by atoms with Gasteiger partial charge in [-0.1, -0.05) is 0 Å². The number of hydrogen-bond acceptors (Lipinski definition) is 3. The van der Waals surface area contributed by atoms with Crippen molar-refractivity contribution in [3.63, 3.8) is 0 Å². The molecular formula is C13H18BrFN2O. The fraction of sp³-hybridized carbons (Fsp3) is 0.615. The lowest BCUT2D eigenvalue weighted by molar-refractivity contribution is 0.167. The number of rotatable bonds is 3. The third-order valence-electron chi connectivity index (χ3n) is 3.30. The highest BCUT2D eigenvalue weighted by molar-refractivity contribution is 9.10. The molecule has 0 spiro atoms. The van der Waals surface area contributed by atoms with Crippen molar-refractivity contribution in [3.05, 3.63) is 22.6 Å². The summed E-state index contributed by atoms with van der Waals surface area (Å²) in [5, 5.41) is 9.53. The quantitative estimate of drug-likeness (QED) is 0.930. The van der Waals surface area contributed by atoms with Crippen LogP contribution < -0.4 is 4.90 Å². The van der Waals surface area contributed by atoms with Crippen LogP contribution in [0.25, 0.3) is 0 Å². The Bertz CT molecular complexity index is 414. The number of aliphatic hydroxyl groups is 1. The average Bonchev–Trinajstić information content (AvgIpc) is 2.30. The van der Waals surface area contributed by atoms with Gasteiger partial charge in [0.1, 0.15) is 0 Å². The maximum absolute atomic E-state index is 13.9. The number of pyridine rings is 1. The zero-order valence-corrected chi connectivity index (χ0v) is 12.0. The second-order valence-corrected chi connectivity index (χ2v) is 5.80. The van der Waals surface area contributed by atoms with Crippen molar-refractivity contribution in [1.29, 1.82) is 0 Å². The summed E-state index contributed by atoms with van der Waals surface area (Å²) in [6.45, 7) is 2.58. The fourth-order valence-electron chi connectivity index (χ4n) is 2.54. The van der Waals surface area contributed by atoms with E-state index in [1.807, 2.05) is 4.90 Å². The minimum atomic E-state index is -0.367. The minimum Gasteiger partial charge on any atom is -0.393 e. The Hall–Kier alpha value is -0.680. The van der Waals surface area contributed by atoms with Gasteiger partial charge in [-0.15, -0.1) is 0 Å². The molecule has 0 radical (unpaired) electrons. The maximum atomic E-state index is 13.9. The third-order valence-corrected chi connectivity index (χ3v) is 3.73. The number of aromatic nitrogens is 1. The van der Waals surface area contributed by atoms with Gasteiger partial charge in [0.15, 0.2) is 11.6 Å². The number of piperidine rings is 1. The van der Waals surface area contributed by atoms with Crippen LogP contribution in [0.2, 0.25) is 0 Å². The second-order valence-electron chi connectivity index (χ2n) is 4.89. The summed E-state index contributed by atoms with van der Waals surface area (Å²) in [7, 11) is 0. The molecule has 100 valence electrons. The zero-order valence-electron chi connectivity index (χ0n) is 10.4. The number of hydrogen-bond donors (Lipinski definition) is 1. The summed E-state index contributed by atoms with van der Waals surface area (Å²) in [5.41, 5.74) is 0. The lowest BCUT2D eigenvalue weighted by atomic mass is 9.97. The highest BCUT2D eigenvalue weighted by atomic mass is 79.9. The van der Waals surface area contributed by atoms with Crippen LogP contribution in [0.5, 0.6) is 0 Å². The lowest BCUT2D eigenvalue weighted by Gasteiger charge is -2.37. The molecule has 1 fully saturated rings. The predicted octanol–water partition coefficient (Wildman–Crippen LogP) is 3.11. The van der Waals surface area contributed by atoms with Crippen LogP contribution in [-0.2, 0) is 0 Å². The maximum Gasteiger partial charge on any atom is 0.166 e. The molecule has 2 atom stereocenters. The summed E-state index contributed by atoms with van der Waals surface area (Å²) in [5.74, 6) is 0.102. The molecule has 1 aliphatic rings. The molecule has 2 unspecified atom stereocenters. The van der Waals surface area contributed by atoms with Gasteiger partial charge in [0.05, 0.1) is 6.10 Å². The molecule has 1 saturated heterocycles. The van der Waals surface area contributed by atoms with E-state index in [-0.39, 0.29) is 18.0 Å². The molecule has 2 heterocycles. The Morgan fingerprint density at radius 3 is 3.06 bits per heavy atom. The van der Waals surface area contributed by atoms with Gasteiger partial charge in [0, 0.05) is 23.3 Å². The van der Waals surface area contributed by atoms with Crippen molar-refractivity contribution in [2.45, 2.75) is 44.8 Å². The van der Waals surface area contributed by atoms with E-state index in [1.54, 1.807) is 13.1 Å². The molecule has 0 aromatic carbocycles. The van der Waals surface area contributed by atoms with Gasteiger partial charge in [-0.2, -0.15) is 0 Å². The van der Waals surface area contributed by atoms with Crippen molar-refractivity contribution in [1.82, 2.24) is 4.98 Å². The number of halogens is 2. The monoisotopic (exact) mass is 316 g/mol. The van der Waals surface area contributed by atoms with Gasteiger partial charge in [0.2, 0.25) is 0 Å². The first-order valence-corrected chi connectivity index (χ1v) is 7.13. The van der Waals surface area contributed by atoms with Crippen LogP contribution in [-0.4, -0.2) is 28.8 Å². The van der Waals surface area contributed by atoms with Crippen molar-refractivity contribution in [2.75, 3.05) is 11.4 Å². The van der Waals surface area contributed by atoms with Gasteiger partial charge in [-0.25, -0.2) is 9.37 Å². The minimum absolute atomic E-state index is 0.182. The van der Waals surface area contributed by atoms with E-state index in [2.05, 4.69) is 20.9 Å². The summed E-state index contributed by atoms with van der Waals surface area (Å²) in [6.07, 6.45) is 5.08. The molecule has 0 amide bonds. The standard InChI is InChI=1S/C13H18BrFN2O/c1-9(18)6-11-4-2-3-5-17(11)13-12(15)7-10(14)8-16-13/h7-9,11,18H,2-6H2,1H3. The van der Waals surface area contributed by atoms with Crippen LogP contribution in [0.4, 0.5) is 10.2 Å².